The van der Waals surface area contributed by atoms with Crippen molar-refractivity contribution in [2.75, 3.05) is 12.4 Å². The summed E-state index contributed by atoms with van der Waals surface area (Å²) in [6.45, 7) is 3.99. The molecule has 0 saturated carbocycles. The molecule has 0 fully saturated rings. The summed E-state index contributed by atoms with van der Waals surface area (Å²) in [4.78, 5) is 43.9. The van der Waals surface area contributed by atoms with Gasteiger partial charge in [-0.2, -0.15) is 0 Å². The number of carbonyl (C=O) groups excluding carboxylic acids is 2. The van der Waals surface area contributed by atoms with Crippen molar-refractivity contribution in [2.24, 2.45) is 0 Å². The highest BCUT2D eigenvalue weighted by molar-refractivity contribution is 7.99. The number of fused-ring (bicyclic) bond motifs is 1. The first-order chi connectivity index (χ1) is 17.8. The van der Waals surface area contributed by atoms with Crippen LogP contribution in [0.25, 0.3) is 10.2 Å². The first-order valence-electron chi connectivity index (χ1n) is 11.4. The number of hydrogen-bond acceptors (Lipinski definition) is 7. The van der Waals surface area contributed by atoms with Gasteiger partial charge in [0, 0.05) is 11.6 Å². The second kappa shape index (κ2) is 11.9. The Bertz CT molecular complexity index is 1520. The quantitative estimate of drug-likeness (QED) is 0.172. The summed E-state index contributed by atoms with van der Waals surface area (Å²) in [7, 11) is 0. The Kier molecular flexibility index (Phi) is 8.63. The largest absolute Gasteiger partial charge is 0.462 e. The molecular weight excluding hydrogens is 537 g/mol. The van der Waals surface area contributed by atoms with E-state index in [4.69, 9.17) is 16.3 Å². The third-order valence-electron chi connectivity index (χ3n) is 5.50. The molecule has 0 bridgehead atoms. The maximum Gasteiger partial charge on any atom is 0.348 e. The van der Waals surface area contributed by atoms with E-state index in [1.807, 2.05) is 18.2 Å². The maximum absolute atomic E-state index is 13.6. The van der Waals surface area contributed by atoms with Gasteiger partial charge in [0.05, 0.1) is 24.3 Å². The van der Waals surface area contributed by atoms with E-state index in [1.54, 1.807) is 32.0 Å². The van der Waals surface area contributed by atoms with Crippen molar-refractivity contribution < 1.29 is 18.7 Å². The first kappa shape index (κ1) is 26.8. The lowest BCUT2D eigenvalue weighted by Gasteiger charge is -2.13. The summed E-state index contributed by atoms with van der Waals surface area (Å²) in [5.74, 6) is -1.16. The molecule has 2 heterocycles. The van der Waals surface area contributed by atoms with E-state index in [-0.39, 0.29) is 42.7 Å². The predicted molar refractivity (Wildman–Crippen MR) is 144 cm³/mol. The maximum atomic E-state index is 13.6. The van der Waals surface area contributed by atoms with Gasteiger partial charge in [-0.15, -0.1) is 11.3 Å². The molecule has 192 valence electrons. The molecule has 0 saturated heterocycles. The molecule has 2 aromatic heterocycles. The summed E-state index contributed by atoms with van der Waals surface area (Å²) < 4.78 is 20.0. The lowest BCUT2D eigenvalue weighted by atomic mass is 10.2. The Hall–Kier alpha value is -3.21. The van der Waals surface area contributed by atoms with Gasteiger partial charge in [0.15, 0.2) is 5.16 Å². The number of benzene rings is 2. The molecule has 0 atom stereocenters. The van der Waals surface area contributed by atoms with E-state index in [2.05, 4.69) is 10.3 Å². The predicted octanol–water partition coefficient (Wildman–Crippen LogP) is 5.19. The van der Waals surface area contributed by atoms with Crippen LogP contribution in [0.4, 0.5) is 4.39 Å². The number of esters is 1. The number of aryl methyl sites for hydroxylation is 1. The zero-order valence-electron chi connectivity index (χ0n) is 20.0. The lowest BCUT2D eigenvalue weighted by Crippen LogP contribution is -2.27. The molecule has 0 spiro atoms. The van der Waals surface area contributed by atoms with Crippen LogP contribution in [-0.2, 0) is 22.6 Å². The normalized spacial score (nSPS) is 11.0. The van der Waals surface area contributed by atoms with Crippen LogP contribution in [0.3, 0.4) is 0 Å². The number of nitrogens with zero attached hydrogens (tertiary/aromatic N) is 2. The number of carbonyl (C=O) groups is 2. The van der Waals surface area contributed by atoms with Crippen molar-refractivity contribution in [3.8, 4) is 0 Å². The second-order valence-electron chi connectivity index (χ2n) is 8.03. The monoisotopic (exact) mass is 559 g/mol. The van der Waals surface area contributed by atoms with E-state index in [1.165, 1.54) is 16.7 Å². The number of amides is 1. The number of thiophene rings is 1. The SMILES string of the molecule is CCOC(=O)c1sc2nc(SCC(=O)NCc3ccccc3Cl)n(Cc3ccc(F)cc3)c(=O)c2c1C. The molecule has 1 N–H and O–H groups in total. The van der Waals surface area contributed by atoms with Crippen molar-refractivity contribution in [1.82, 2.24) is 14.9 Å². The van der Waals surface area contributed by atoms with Gasteiger partial charge in [0.1, 0.15) is 15.5 Å². The summed E-state index contributed by atoms with van der Waals surface area (Å²) in [5.41, 5.74) is 1.62. The standard InChI is InChI=1S/C26H23ClFN3O4S2/c1-3-35-25(34)22-15(2)21-23(37-22)30-26(31(24(21)33)13-16-8-10-18(28)11-9-16)36-14-20(32)29-12-17-6-4-5-7-19(17)27/h4-11H,3,12-14H2,1-2H3,(H,29,32). The number of aromatic nitrogens is 2. The van der Waals surface area contributed by atoms with Crippen LogP contribution in [0.2, 0.25) is 5.02 Å². The number of halogens is 2. The van der Waals surface area contributed by atoms with Crippen LogP contribution in [0.15, 0.2) is 58.5 Å². The Morgan fingerprint density at radius 2 is 1.92 bits per heavy atom. The number of thioether (sulfide) groups is 1. The molecule has 4 aromatic rings. The molecule has 7 nitrogen and oxygen atoms in total. The van der Waals surface area contributed by atoms with Crippen molar-refractivity contribution in [3.63, 3.8) is 0 Å². The van der Waals surface area contributed by atoms with E-state index in [9.17, 15) is 18.8 Å². The van der Waals surface area contributed by atoms with Gasteiger partial charge in [-0.25, -0.2) is 14.2 Å². The number of hydrogen-bond donors (Lipinski definition) is 1. The van der Waals surface area contributed by atoms with E-state index in [0.717, 1.165) is 28.7 Å². The van der Waals surface area contributed by atoms with Crippen LogP contribution >= 0.6 is 34.7 Å². The lowest BCUT2D eigenvalue weighted by molar-refractivity contribution is -0.118. The van der Waals surface area contributed by atoms with Crippen LogP contribution in [0.1, 0.15) is 33.3 Å². The average Bonchev–Trinajstić information content (AvgIpc) is 3.21. The molecule has 4 rings (SSSR count). The molecule has 0 unspecified atom stereocenters. The Balaban J connectivity index is 1.64. The second-order valence-corrected chi connectivity index (χ2v) is 10.4. The summed E-state index contributed by atoms with van der Waals surface area (Å²) in [6, 6.07) is 13.0. The molecule has 2 aromatic carbocycles. The average molecular weight is 560 g/mol. The summed E-state index contributed by atoms with van der Waals surface area (Å²) >= 11 is 8.34. The Morgan fingerprint density at radius 1 is 1.19 bits per heavy atom. The Morgan fingerprint density at radius 3 is 2.62 bits per heavy atom. The zero-order chi connectivity index (χ0) is 26.5. The molecule has 0 aliphatic heterocycles. The Labute approximate surface area is 225 Å². The minimum absolute atomic E-state index is 0.000901. The van der Waals surface area contributed by atoms with E-state index < -0.39 is 5.97 Å². The number of ether oxygens (including phenoxy) is 1. The van der Waals surface area contributed by atoms with Crippen molar-refractivity contribution in [2.45, 2.75) is 32.1 Å². The number of rotatable bonds is 9. The fourth-order valence-corrected chi connectivity index (χ4v) is 5.78. The van der Waals surface area contributed by atoms with Crippen LogP contribution < -0.4 is 10.9 Å². The van der Waals surface area contributed by atoms with Gasteiger partial charge in [-0.3, -0.25) is 14.2 Å². The molecule has 0 radical (unpaired) electrons. The van der Waals surface area contributed by atoms with Crippen LogP contribution in [0, 0.1) is 12.7 Å². The van der Waals surface area contributed by atoms with Gasteiger partial charge >= 0.3 is 5.97 Å². The smallest absolute Gasteiger partial charge is 0.348 e. The number of nitrogens with one attached hydrogen (secondary N) is 1. The topological polar surface area (TPSA) is 90.3 Å². The molecular formula is C26H23ClFN3O4S2. The van der Waals surface area contributed by atoms with Gasteiger partial charge in [0.25, 0.3) is 5.56 Å². The van der Waals surface area contributed by atoms with Crippen LogP contribution in [0.5, 0.6) is 0 Å². The highest BCUT2D eigenvalue weighted by atomic mass is 35.5. The van der Waals surface area contributed by atoms with E-state index in [0.29, 0.717) is 36.4 Å². The van der Waals surface area contributed by atoms with Crippen molar-refractivity contribution in [1.29, 1.82) is 0 Å². The molecule has 0 aliphatic carbocycles. The van der Waals surface area contributed by atoms with Gasteiger partial charge in [-0.05, 0) is 48.7 Å². The first-order valence-corrected chi connectivity index (χ1v) is 13.5. The third-order valence-corrected chi connectivity index (χ3v) is 8.01. The summed E-state index contributed by atoms with van der Waals surface area (Å²) in [6.07, 6.45) is 0. The van der Waals surface area contributed by atoms with Gasteiger partial charge in [0.2, 0.25) is 5.91 Å². The fraction of sp³-hybridized carbons (Fsp3) is 0.231. The highest BCUT2D eigenvalue weighted by Gasteiger charge is 2.23. The van der Waals surface area contributed by atoms with Crippen LogP contribution in [-0.4, -0.2) is 33.8 Å². The molecule has 37 heavy (non-hydrogen) atoms. The third kappa shape index (κ3) is 6.20. The summed E-state index contributed by atoms with van der Waals surface area (Å²) in [5, 5.41) is 4.01. The van der Waals surface area contributed by atoms with E-state index >= 15 is 0 Å². The minimum atomic E-state index is -0.513. The van der Waals surface area contributed by atoms with Crippen molar-refractivity contribution in [3.05, 3.63) is 91.3 Å². The highest BCUT2D eigenvalue weighted by Crippen LogP contribution is 2.30. The van der Waals surface area contributed by atoms with Gasteiger partial charge in [-0.1, -0.05) is 53.7 Å². The zero-order valence-corrected chi connectivity index (χ0v) is 22.4. The molecule has 1 amide bonds. The molecule has 11 heteroatoms. The fourth-order valence-electron chi connectivity index (χ4n) is 3.63. The molecule has 0 aliphatic rings. The van der Waals surface area contributed by atoms with Crippen molar-refractivity contribution >= 4 is 56.8 Å². The minimum Gasteiger partial charge on any atom is -0.462 e. The van der Waals surface area contributed by atoms with Gasteiger partial charge < -0.3 is 10.1 Å².